The van der Waals surface area contributed by atoms with Gasteiger partial charge in [-0.2, -0.15) is 0 Å². The molecule has 21 heavy (non-hydrogen) atoms. The molecule has 2 heterocycles. The fourth-order valence-corrected chi connectivity index (χ4v) is 2.75. The number of nitrogens with zero attached hydrogens (tertiary/aromatic N) is 1. The van der Waals surface area contributed by atoms with Crippen LogP contribution in [0.25, 0.3) is 0 Å². The molecular formula is C14H22N4O3. The minimum Gasteiger partial charge on any atom is -0.480 e. The first kappa shape index (κ1) is 15.5. The Labute approximate surface area is 123 Å². The first-order valence-electron chi connectivity index (χ1n) is 7.29. The standard InChI is InChI=1S/C14H22N4O3/c1-2-14(4-3-5-15-8-14)13(21)18-11(12(19)20)6-10-7-16-9-17-10/h7,9,11,15H,2-6,8H2,1H3,(H,16,17)(H,18,21)(H,19,20)/t11-,14?/m1/s1. The van der Waals surface area contributed by atoms with Crippen molar-refractivity contribution in [3.05, 3.63) is 18.2 Å². The number of nitrogens with one attached hydrogen (secondary N) is 3. The van der Waals surface area contributed by atoms with Crippen LogP contribution in [-0.4, -0.2) is 46.1 Å². The van der Waals surface area contributed by atoms with E-state index in [2.05, 4.69) is 20.6 Å². The third kappa shape index (κ3) is 3.60. The summed E-state index contributed by atoms with van der Waals surface area (Å²) >= 11 is 0. The maximum Gasteiger partial charge on any atom is 0.326 e. The molecule has 1 aliphatic rings. The largest absolute Gasteiger partial charge is 0.480 e. The number of aliphatic carboxylic acids is 1. The molecule has 1 unspecified atom stereocenters. The second-order valence-corrected chi connectivity index (χ2v) is 5.56. The van der Waals surface area contributed by atoms with Crippen molar-refractivity contribution in [3.8, 4) is 0 Å². The Morgan fingerprint density at radius 3 is 2.90 bits per heavy atom. The lowest BCUT2D eigenvalue weighted by Gasteiger charge is -2.36. The van der Waals surface area contributed by atoms with Crippen molar-refractivity contribution in [2.24, 2.45) is 5.41 Å². The van der Waals surface area contributed by atoms with E-state index in [1.54, 1.807) is 6.20 Å². The Bertz CT molecular complexity index is 480. The van der Waals surface area contributed by atoms with Gasteiger partial charge in [0.05, 0.1) is 11.7 Å². The molecule has 0 radical (unpaired) electrons. The van der Waals surface area contributed by atoms with Crippen molar-refractivity contribution in [1.82, 2.24) is 20.6 Å². The normalized spacial score (nSPS) is 23.5. The third-order valence-corrected chi connectivity index (χ3v) is 4.21. The van der Waals surface area contributed by atoms with E-state index in [0.29, 0.717) is 18.7 Å². The maximum atomic E-state index is 12.6. The van der Waals surface area contributed by atoms with E-state index in [1.165, 1.54) is 6.33 Å². The molecule has 0 aromatic carbocycles. The average Bonchev–Trinajstić information content (AvgIpc) is 3.00. The average molecular weight is 294 g/mol. The molecule has 1 aromatic heterocycles. The molecule has 0 saturated carbocycles. The molecule has 7 nitrogen and oxygen atoms in total. The number of aromatic amines is 1. The first-order valence-corrected chi connectivity index (χ1v) is 7.29. The fourth-order valence-electron chi connectivity index (χ4n) is 2.75. The van der Waals surface area contributed by atoms with Crippen LogP contribution in [-0.2, 0) is 16.0 Å². The summed E-state index contributed by atoms with van der Waals surface area (Å²) in [5.74, 6) is -1.21. The van der Waals surface area contributed by atoms with E-state index in [4.69, 9.17) is 0 Å². The Morgan fingerprint density at radius 1 is 1.57 bits per heavy atom. The van der Waals surface area contributed by atoms with Crippen molar-refractivity contribution < 1.29 is 14.7 Å². The van der Waals surface area contributed by atoms with Crippen LogP contribution in [0, 0.1) is 5.41 Å². The van der Waals surface area contributed by atoms with Crippen molar-refractivity contribution >= 4 is 11.9 Å². The molecular weight excluding hydrogens is 272 g/mol. The SMILES string of the molecule is CCC1(C(=O)N[C@H](Cc2cnc[nH]2)C(=O)O)CCCNC1. The number of carboxylic acids is 1. The van der Waals surface area contributed by atoms with Gasteiger partial charge in [-0.1, -0.05) is 6.92 Å². The van der Waals surface area contributed by atoms with Gasteiger partial charge in [-0.3, -0.25) is 4.79 Å². The van der Waals surface area contributed by atoms with Crippen LogP contribution in [0.15, 0.2) is 12.5 Å². The Hall–Kier alpha value is -1.89. The highest BCUT2D eigenvalue weighted by Gasteiger charge is 2.39. The van der Waals surface area contributed by atoms with Crippen molar-refractivity contribution in [2.45, 2.75) is 38.6 Å². The summed E-state index contributed by atoms with van der Waals surface area (Å²) in [7, 11) is 0. The molecule has 116 valence electrons. The lowest BCUT2D eigenvalue weighted by Crippen LogP contribution is -2.54. The molecule has 4 N–H and O–H groups in total. The van der Waals surface area contributed by atoms with Gasteiger partial charge in [0, 0.05) is 24.9 Å². The summed E-state index contributed by atoms with van der Waals surface area (Å²) in [5.41, 5.74) is 0.190. The highest BCUT2D eigenvalue weighted by molar-refractivity contribution is 5.87. The smallest absolute Gasteiger partial charge is 0.326 e. The van der Waals surface area contributed by atoms with Gasteiger partial charge in [-0.25, -0.2) is 9.78 Å². The molecule has 2 rings (SSSR count). The molecule has 1 fully saturated rings. The van der Waals surface area contributed by atoms with E-state index in [-0.39, 0.29) is 12.3 Å². The van der Waals surface area contributed by atoms with Crippen LogP contribution in [0.3, 0.4) is 0 Å². The van der Waals surface area contributed by atoms with Gasteiger partial charge in [0.15, 0.2) is 0 Å². The number of aromatic nitrogens is 2. The van der Waals surface area contributed by atoms with E-state index in [0.717, 1.165) is 19.4 Å². The van der Waals surface area contributed by atoms with E-state index >= 15 is 0 Å². The van der Waals surface area contributed by atoms with E-state index in [9.17, 15) is 14.7 Å². The topological polar surface area (TPSA) is 107 Å². The number of carboxylic acid groups (broad SMARTS) is 1. The van der Waals surface area contributed by atoms with Crippen molar-refractivity contribution in [2.75, 3.05) is 13.1 Å². The van der Waals surface area contributed by atoms with Gasteiger partial charge in [0.1, 0.15) is 6.04 Å². The van der Waals surface area contributed by atoms with Gasteiger partial charge in [-0.05, 0) is 25.8 Å². The minimum absolute atomic E-state index is 0.177. The Morgan fingerprint density at radius 2 is 2.38 bits per heavy atom. The predicted octanol–water partition coefficient (Wildman–Crippen LogP) is 0.301. The van der Waals surface area contributed by atoms with Crippen LogP contribution >= 0.6 is 0 Å². The van der Waals surface area contributed by atoms with Gasteiger partial charge in [0.25, 0.3) is 0 Å². The monoisotopic (exact) mass is 294 g/mol. The number of H-pyrrole nitrogens is 1. The Balaban J connectivity index is 2.05. The summed E-state index contributed by atoms with van der Waals surface area (Å²) in [6.07, 6.45) is 5.68. The van der Waals surface area contributed by atoms with Crippen LogP contribution in [0.2, 0.25) is 0 Å². The number of imidazole rings is 1. The summed E-state index contributed by atoms with van der Waals surface area (Å²) in [6, 6.07) is -0.941. The van der Waals surface area contributed by atoms with Crippen molar-refractivity contribution in [1.29, 1.82) is 0 Å². The lowest BCUT2D eigenvalue weighted by molar-refractivity contribution is -0.144. The van der Waals surface area contributed by atoms with E-state index < -0.39 is 17.4 Å². The number of rotatable bonds is 6. The molecule has 7 heteroatoms. The van der Waals surface area contributed by atoms with Gasteiger partial charge in [-0.15, -0.1) is 0 Å². The first-order chi connectivity index (χ1) is 10.1. The predicted molar refractivity (Wildman–Crippen MR) is 76.7 cm³/mol. The molecule has 0 aliphatic carbocycles. The molecule has 1 amide bonds. The zero-order valence-corrected chi connectivity index (χ0v) is 12.2. The van der Waals surface area contributed by atoms with Crippen LogP contribution in [0.1, 0.15) is 31.9 Å². The van der Waals surface area contributed by atoms with Crippen LogP contribution in [0.4, 0.5) is 0 Å². The number of amides is 1. The summed E-state index contributed by atoms with van der Waals surface area (Å²) in [6.45, 7) is 3.48. The Kier molecular flexibility index (Phi) is 4.95. The second-order valence-electron chi connectivity index (χ2n) is 5.56. The van der Waals surface area contributed by atoms with Crippen LogP contribution in [0.5, 0.6) is 0 Å². The number of piperidine rings is 1. The van der Waals surface area contributed by atoms with Gasteiger partial charge < -0.3 is 20.7 Å². The zero-order chi connectivity index (χ0) is 15.3. The number of carbonyl (C=O) groups is 2. The number of carbonyl (C=O) groups excluding carboxylic acids is 1. The molecule has 0 bridgehead atoms. The minimum atomic E-state index is -1.03. The van der Waals surface area contributed by atoms with Crippen LogP contribution < -0.4 is 10.6 Å². The fraction of sp³-hybridized carbons (Fsp3) is 0.643. The number of hydrogen-bond acceptors (Lipinski definition) is 4. The maximum absolute atomic E-state index is 12.6. The third-order valence-electron chi connectivity index (χ3n) is 4.21. The van der Waals surface area contributed by atoms with Gasteiger partial charge >= 0.3 is 5.97 Å². The molecule has 0 spiro atoms. The quantitative estimate of drug-likeness (QED) is 0.604. The lowest BCUT2D eigenvalue weighted by atomic mass is 9.77. The number of hydrogen-bond donors (Lipinski definition) is 4. The molecule has 2 atom stereocenters. The van der Waals surface area contributed by atoms with Gasteiger partial charge in [0.2, 0.25) is 5.91 Å². The zero-order valence-electron chi connectivity index (χ0n) is 12.2. The second kappa shape index (κ2) is 6.71. The molecule has 1 saturated heterocycles. The molecule has 1 aliphatic heterocycles. The summed E-state index contributed by atoms with van der Waals surface area (Å²) in [5, 5.41) is 15.2. The molecule has 1 aromatic rings. The van der Waals surface area contributed by atoms with E-state index in [1.807, 2.05) is 6.92 Å². The van der Waals surface area contributed by atoms with Crippen molar-refractivity contribution in [3.63, 3.8) is 0 Å². The summed E-state index contributed by atoms with van der Waals surface area (Å²) < 4.78 is 0. The highest BCUT2D eigenvalue weighted by atomic mass is 16.4. The highest BCUT2D eigenvalue weighted by Crippen LogP contribution is 2.30. The summed E-state index contributed by atoms with van der Waals surface area (Å²) in [4.78, 5) is 30.6.